The Morgan fingerprint density at radius 1 is 1.67 bits per heavy atom. The summed E-state index contributed by atoms with van der Waals surface area (Å²) in [4.78, 5) is 0. The molecule has 0 aliphatic carbocycles. The normalized spacial score (nSPS) is 35.3. The second-order valence-electron chi connectivity index (χ2n) is 2.38. The average Bonchev–Trinajstić information content (AvgIpc) is 2.33. The largest absolute Gasteiger partial charge is 0.379 e. The lowest BCUT2D eigenvalue weighted by molar-refractivity contribution is 0.0144. The Bertz CT molecular complexity index is 73.0. The number of rotatable bonds is 2. The van der Waals surface area contributed by atoms with E-state index >= 15 is 0 Å². The van der Waals surface area contributed by atoms with E-state index in [2.05, 4.69) is 6.92 Å². The monoisotopic (exact) mass is 130 g/mol. The van der Waals surface area contributed by atoms with E-state index in [0.717, 1.165) is 19.4 Å². The van der Waals surface area contributed by atoms with Gasteiger partial charge in [0, 0.05) is 13.7 Å². The molecule has 0 aromatic carbocycles. The summed E-state index contributed by atoms with van der Waals surface area (Å²) in [7, 11) is 1.75. The summed E-state index contributed by atoms with van der Waals surface area (Å²) in [5.41, 5.74) is 0. The Kier molecular flexibility index (Phi) is 2.49. The fraction of sp³-hybridized carbons (Fsp3) is 1.00. The Morgan fingerprint density at radius 3 is 2.89 bits per heavy atom. The van der Waals surface area contributed by atoms with Gasteiger partial charge in [-0.05, 0) is 12.8 Å². The topological polar surface area (TPSA) is 18.5 Å². The molecule has 0 aromatic rings. The van der Waals surface area contributed by atoms with Gasteiger partial charge < -0.3 is 9.47 Å². The third-order valence-electron chi connectivity index (χ3n) is 1.85. The SMILES string of the molecule is CCC1OCCC1OC. The highest BCUT2D eigenvalue weighted by Crippen LogP contribution is 2.18. The van der Waals surface area contributed by atoms with Gasteiger partial charge in [-0.1, -0.05) is 6.92 Å². The lowest BCUT2D eigenvalue weighted by atomic mass is 10.1. The van der Waals surface area contributed by atoms with Gasteiger partial charge in [-0.2, -0.15) is 0 Å². The predicted octanol–water partition coefficient (Wildman–Crippen LogP) is 1.20. The van der Waals surface area contributed by atoms with Crippen LogP contribution >= 0.6 is 0 Å². The van der Waals surface area contributed by atoms with Gasteiger partial charge in [0.15, 0.2) is 0 Å². The summed E-state index contributed by atoms with van der Waals surface area (Å²) in [5.74, 6) is 0. The van der Waals surface area contributed by atoms with Crippen LogP contribution in [0.3, 0.4) is 0 Å². The molecule has 1 heterocycles. The molecule has 2 heteroatoms. The van der Waals surface area contributed by atoms with Crippen molar-refractivity contribution in [2.75, 3.05) is 13.7 Å². The Labute approximate surface area is 56.2 Å². The Morgan fingerprint density at radius 2 is 2.44 bits per heavy atom. The molecule has 2 nitrogen and oxygen atoms in total. The van der Waals surface area contributed by atoms with E-state index in [1.54, 1.807) is 7.11 Å². The van der Waals surface area contributed by atoms with Crippen LogP contribution in [0.1, 0.15) is 19.8 Å². The van der Waals surface area contributed by atoms with Crippen molar-refractivity contribution in [3.63, 3.8) is 0 Å². The van der Waals surface area contributed by atoms with E-state index in [0.29, 0.717) is 12.2 Å². The second-order valence-corrected chi connectivity index (χ2v) is 2.38. The zero-order chi connectivity index (χ0) is 6.69. The second kappa shape index (κ2) is 3.18. The average molecular weight is 130 g/mol. The number of methoxy groups -OCH3 is 1. The summed E-state index contributed by atoms with van der Waals surface area (Å²) in [6.07, 6.45) is 2.85. The van der Waals surface area contributed by atoms with E-state index in [1.807, 2.05) is 0 Å². The highest BCUT2D eigenvalue weighted by molar-refractivity contribution is 4.74. The molecule has 0 saturated carbocycles. The molecule has 2 unspecified atom stereocenters. The zero-order valence-electron chi connectivity index (χ0n) is 6.09. The zero-order valence-corrected chi connectivity index (χ0v) is 6.09. The summed E-state index contributed by atoms with van der Waals surface area (Å²) in [6.45, 7) is 3.00. The fourth-order valence-corrected chi connectivity index (χ4v) is 1.28. The van der Waals surface area contributed by atoms with Gasteiger partial charge in [0.05, 0.1) is 12.2 Å². The Balaban J connectivity index is 2.32. The van der Waals surface area contributed by atoms with Gasteiger partial charge in [-0.3, -0.25) is 0 Å². The molecule has 0 amide bonds. The molecule has 2 atom stereocenters. The molecule has 1 rings (SSSR count). The van der Waals surface area contributed by atoms with Crippen LogP contribution in [-0.2, 0) is 9.47 Å². The van der Waals surface area contributed by atoms with Crippen molar-refractivity contribution in [1.82, 2.24) is 0 Å². The summed E-state index contributed by atoms with van der Waals surface area (Å²) < 4.78 is 10.6. The highest BCUT2D eigenvalue weighted by atomic mass is 16.5. The summed E-state index contributed by atoms with van der Waals surface area (Å²) in [5, 5.41) is 0. The van der Waals surface area contributed by atoms with Crippen LogP contribution in [0.2, 0.25) is 0 Å². The maximum absolute atomic E-state index is 5.38. The first-order valence-corrected chi connectivity index (χ1v) is 3.53. The minimum Gasteiger partial charge on any atom is -0.379 e. The molecule has 0 aromatic heterocycles. The maximum atomic E-state index is 5.38. The number of ether oxygens (including phenoxy) is 2. The van der Waals surface area contributed by atoms with Crippen LogP contribution in [0, 0.1) is 0 Å². The smallest absolute Gasteiger partial charge is 0.0854 e. The number of hydrogen-bond acceptors (Lipinski definition) is 2. The van der Waals surface area contributed by atoms with Gasteiger partial charge >= 0.3 is 0 Å². The minimum atomic E-state index is 0.356. The quantitative estimate of drug-likeness (QED) is 0.559. The molecule has 0 radical (unpaired) electrons. The van der Waals surface area contributed by atoms with Crippen LogP contribution in [0.5, 0.6) is 0 Å². The molecule has 54 valence electrons. The van der Waals surface area contributed by atoms with Crippen molar-refractivity contribution in [3.05, 3.63) is 0 Å². The summed E-state index contributed by atoms with van der Waals surface area (Å²) in [6, 6.07) is 0. The summed E-state index contributed by atoms with van der Waals surface area (Å²) >= 11 is 0. The van der Waals surface area contributed by atoms with Crippen molar-refractivity contribution in [2.24, 2.45) is 0 Å². The first kappa shape index (κ1) is 7.03. The number of hydrogen-bond donors (Lipinski definition) is 0. The lowest BCUT2D eigenvalue weighted by Crippen LogP contribution is -2.21. The molecule has 0 bridgehead atoms. The Hall–Kier alpha value is -0.0800. The van der Waals surface area contributed by atoms with Gasteiger partial charge in [-0.25, -0.2) is 0 Å². The molecule has 1 saturated heterocycles. The highest BCUT2D eigenvalue weighted by Gasteiger charge is 2.25. The third-order valence-corrected chi connectivity index (χ3v) is 1.85. The van der Waals surface area contributed by atoms with Gasteiger partial charge in [-0.15, -0.1) is 0 Å². The molecule has 1 aliphatic rings. The van der Waals surface area contributed by atoms with E-state index in [-0.39, 0.29) is 0 Å². The molecule has 1 aliphatic heterocycles. The van der Waals surface area contributed by atoms with Crippen molar-refractivity contribution in [2.45, 2.75) is 32.0 Å². The van der Waals surface area contributed by atoms with Crippen LogP contribution in [-0.4, -0.2) is 25.9 Å². The third kappa shape index (κ3) is 1.43. The molecular formula is C7H14O2. The molecule has 1 fully saturated rings. The van der Waals surface area contributed by atoms with Crippen molar-refractivity contribution >= 4 is 0 Å². The van der Waals surface area contributed by atoms with Crippen molar-refractivity contribution in [3.8, 4) is 0 Å². The van der Waals surface area contributed by atoms with Crippen LogP contribution in [0.15, 0.2) is 0 Å². The molecule has 0 N–H and O–H groups in total. The van der Waals surface area contributed by atoms with E-state index in [9.17, 15) is 0 Å². The first-order valence-electron chi connectivity index (χ1n) is 3.53. The van der Waals surface area contributed by atoms with Gasteiger partial charge in [0.1, 0.15) is 0 Å². The fourth-order valence-electron chi connectivity index (χ4n) is 1.28. The van der Waals surface area contributed by atoms with Crippen LogP contribution < -0.4 is 0 Å². The first-order chi connectivity index (χ1) is 4.38. The van der Waals surface area contributed by atoms with Gasteiger partial charge in [0.25, 0.3) is 0 Å². The van der Waals surface area contributed by atoms with E-state index in [4.69, 9.17) is 9.47 Å². The molecule has 0 spiro atoms. The maximum Gasteiger partial charge on any atom is 0.0854 e. The molecule has 9 heavy (non-hydrogen) atoms. The predicted molar refractivity (Wildman–Crippen MR) is 35.4 cm³/mol. The van der Waals surface area contributed by atoms with Crippen molar-refractivity contribution in [1.29, 1.82) is 0 Å². The minimum absolute atomic E-state index is 0.356. The van der Waals surface area contributed by atoms with E-state index < -0.39 is 0 Å². The molecular weight excluding hydrogens is 116 g/mol. The standard InChI is InChI=1S/C7H14O2/c1-3-6-7(8-2)4-5-9-6/h6-7H,3-5H2,1-2H3. The lowest BCUT2D eigenvalue weighted by Gasteiger charge is -2.13. The van der Waals surface area contributed by atoms with Crippen LogP contribution in [0.4, 0.5) is 0 Å². The van der Waals surface area contributed by atoms with Gasteiger partial charge in [0.2, 0.25) is 0 Å². The van der Waals surface area contributed by atoms with Crippen molar-refractivity contribution < 1.29 is 9.47 Å². The van der Waals surface area contributed by atoms with Crippen LogP contribution in [0.25, 0.3) is 0 Å². The van der Waals surface area contributed by atoms with E-state index in [1.165, 1.54) is 0 Å².